The molecule has 110 valence electrons. The van der Waals surface area contributed by atoms with E-state index in [1.165, 1.54) is 0 Å². The zero-order valence-corrected chi connectivity index (χ0v) is 13.7. The monoisotopic (exact) mass is 369 g/mol. The largest absolute Gasteiger partial charge is 0.339 e. The normalized spacial score (nSPS) is 37.9. The Balaban J connectivity index is 1.68. The van der Waals surface area contributed by atoms with Crippen LogP contribution in [0.5, 0.6) is 0 Å². The van der Waals surface area contributed by atoms with E-state index in [-0.39, 0.29) is 15.8 Å². The first-order valence-electron chi connectivity index (χ1n) is 7.18. The zero-order valence-electron chi connectivity index (χ0n) is 11.4. The lowest BCUT2D eigenvalue weighted by Crippen LogP contribution is -2.42. The van der Waals surface area contributed by atoms with E-state index in [4.69, 9.17) is 11.8 Å². The lowest BCUT2D eigenvalue weighted by atomic mass is 9.90. The summed E-state index contributed by atoms with van der Waals surface area (Å²) < 4.78 is 0.679. The van der Waals surface area contributed by atoms with Crippen LogP contribution in [0.2, 0.25) is 0 Å². The van der Waals surface area contributed by atoms with Crippen LogP contribution in [0, 0.1) is 5.92 Å². The summed E-state index contributed by atoms with van der Waals surface area (Å²) in [6.45, 7) is 0.751. The minimum Gasteiger partial charge on any atom is -0.339 e. The van der Waals surface area contributed by atoms with Crippen molar-refractivity contribution in [1.82, 2.24) is 4.90 Å². The summed E-state index contributed by atoms with van der Waals surface area (Å²) in [7, 11) is 0. The number of amidine groups is 1. The number of quaternary nitrogens is 1. The van der Waals surface area contributed by atoms with E-state index in [2.05, 4.69) is 25.9 Å². The van der Waals surface area contributed by atoms with Crippen molar-refractivity contribution in [1.29, 1.82) is 0 Å². The third kappa shape index (κ3) is 1.96. The van der Waals surface area contributed by atoms with Gasteiger partial charge in [-0.15, -0.1) is 4.00 Å². The molecule has 3 unspecified atom stereocenters. The average molecular weight is 371 g/mol. The molecule has 3 atom stereocenters. The highest BCUT2D eigenvalue weighted by Gasteiger charge is 2.47. The van der Waals surface area contributed by atoms with Gasteiger partial charge in [0.05, 0.1) is 12.4 Å². The standard InChI is InChI=1S/C14H15BrClN4O/c15-14-18-13(11-7-17-5-6-20(11,14)16)9-1-2-10-3-4-12(21)19(10)8-9/h5-7,9-10H,1-4,8H2/q+1. The van der Waals surface area contributed by atoms with Crippen molar-refractivity contribution in [2.24, 2.45) is 15.9 Å². The van der Waals surface area contributed by atoms with Crippen LogP contribution in [0.3, 0.4) is 0 Å². The van der Waals surface area contributed by atoms with Crippen LogP contribution in [0.25, 0.3) is 0 Å². The average Bonchev–Trinajstić information content (AvgIpc) is 2.98. The minimum atomic E-state index is 0.0205. The molecule has 2 saturated heterocycles. The highest BCUT2D eigenvalue weighted by atomic mass is 79.9. The first kappa shape index (κ1) is 13.7. The molecule has 4 aliphatic rings. The van der Waals surface area contributed by atoms with Gasteiger partial charge in [-0.05, 0) is 19.3 Å². The van der Waals surface area contributed by atoms with E-state index < -0.39 is 0 Å². The molecule has 0 bridgehead atoms. The van der Waals surface area contributed by atoms with Gasteiger partial charge >= 0.3 is 0 Å². The van der Waals surface area contributed by atoms with Gasteiger partial charge in [0.25, 0.3) is 4.74 Å². The van der Waals surface area contributed by atoms with Crippen molar-refractivity contribution in [3.8, 4) is 0 Å². The van der Waals surface area contributed by atoms with Gasteiger partial charge in [-0.3, -0.25) is 9.79 Å². The number of aliphatic imine (C=N–C) groups is 2. The third-order valence-electron chi connectivity index (χ3n) is 4.75. The Morgan fingerprint density at radius 3 is 3.10 bits per heavy atom. The van der Waals surface area contributed by atoms with Gasteiger partial charge in [0.2, 0.25) is 11.6 Å². The number of rotatable bonds is 1. The second-order valence-corrected chi connectivity index (χ2v) is 7.12. The second-order valence-electron chi connectivity index (χ2n) is 5.88. The van der Waals surface area contributed by atoms with Gasteiger partial charge in [-0.25, -0.2) is 0 Å². The number of hydrogen-bond donors (Lipinski definition) is 0. The third-order valence-corrected chi connectivity index (χ3v) is 6.15. The van der Waals surface area contributed by atoms with Gasteiger partial charge in [0, 0.05) is 40.9 Å². The van der Waals surface area contributed by atoms with Gasteiger partial charge in [-0.2, -0.15) is 4.99 Å². The molecule has 0 saturated carbocycles. The van der Waals surface area contributed by atoms with Gasteiger partial charge in [0.15, 0.2) is 11.8 Å². The van der Waals surface area contributed by atoms with E-state index in [9.17, 15) is 4.79 Å². The Labute approximate surface area is 136 Å². The van der Waals surface area contributed by atoms with Crippen LogP contribution in [-0.2, 0) is 4.79 Å². The summed E-state index contributed by atoms with van der Waals surface area (Å²) in [5.41, 5.74) is 1.85. The molecule has 1 amide bonds. The quantitative estimate of drug-likeness (QED) is 0.517. The predicted molar refractivity (Wildman–Crippen MR) is 84.6 cm³/mol. The Bertz CT molecular complexity index is 641. The lowest BCUT2D eigenvalue weighted by Gasteiger charge is -2.35. The smallest absolute Gasteiger partial charge is 0.299 e. The minimum absolute atomic E-state index is 0.0205. The first-order valence-corrected chi connectivity index (χ1v) is 8.31. The number of fused-ring (bicyclic) bond motifs is 2. The number of carbonyl (C=O) groups is 1. The van der Waals surface area contributed by atoms with E-state index >= 15 is 0 Å². The first-order chi connectivity index (χ1) is 10.1. The van der Waals surface area contributed by atoms with Crippen LogP contribution in [-0.4, -0.2) is 38.4 Å². The Kier molecular flexibility index (Phi) is 3.10. The van der Waals surface area contributed by atoms with E-state index in [0.29, 0.717) is 17.2 Å². The Hall–Kier alpha value is -0.980. The van der Waals surface area contributed by atoms with Gasteiger partial charge in [-0.1, -0.05) is 0 Å². The van der Waals surface area contributed by atoms with E-state index in [1.54, 1.807) is 18.6 Å². The van der Waals surface area contributed by atoms with Crippen molar-refractivity contribution in [2.75, 3.05) is 6.54 Å². The summed E-state index contributed by atoms with van der Waals surface area (Å²) in [5.74, 6) is 0.516. The van der Waals surface area contributed by atoms with Crippen molar-refractivity contribution < 1.29 is 8.80 Å². The fraction of sp³-hybridized carbons (Fsp3) is 0.500. The topological polar surface area (TPSA) is 45.0 Å². The molecule has 4 heterocycles. The molecule has 0 N–H and O–H groups in total. The number of allylic oxidation sites excluding steroid dienone is 1. The fourth-order valence-corrected chi connectivity index (χ4v) is 4.34. The van der Waals surface area contributed by atoms with Crippen LogP contribution >= 0.6 is 27.7 Å². The summed E-state index contributed by atoms with van der Waals surface area (Å²) in [6.07, 6.45) is 9.04. The van der Waals surface area contributed by atoms with Gasteiger partial charge in [0.1, 0.15) is 11.9 Å². The van der Waals surface area contributed by atoms with E-state index in [1.807, 2.05) is 4.90 Å². The summed E-state index contributed by atoms with van der Waals surface area (Å²) in [4.78, 5) is 22.8. The van der Waals surface area contributed by atoms with Gasteiger partial charge < -0.3 is 4.90 Å². The van der Waals surface area contributed by atoms with Crippen LogP contribution in [0.1, 0.15) is 25.7 Å². The maximum absolute atomic E-state index is 12.0. The maximum atomic E-state index is 12.0. The maximum Gasteiger partial charge on any atom is 0.299 e. The summed E-state index contributed by atoms with van der Waals surface area (Å²) in [6, 6.07) is 0.434. The van der Waals surface area contributed by atoms with Crippen molar-refractivity contribution in [3.05, 3.63) is 23.8 Å². The summed E-state index contributed by atoms with van der Waals surface area (Å²) in [5, 5.41) is 0. The number of halogens is 2. The van der Waals surface area contributed by atoms with Crippen molar-refractivity contribution in [2.45, 2.75) is 31.7 Å². The zero-order chi connectivity index (χ0) is 14.6. The fourth-order valence-electron chi connectivity index (χ4n) is 3.62. The molecule has 0 aromatic heterocycles. The molecule has 0 aromatic rings. The molecule has 0 radical (unpaired) electrons. The highest BCUT2D eigenvalue weighted by molar-refractivity contribution is 9.18. The lowest BCUT2D eigenvalue weighted by molar-refractivity contribution is -0.595. The molecule has 4 aliphatic heterocycles. The molecular formula is C14H15BrClN4O+. The van der Waals surface area contributed by atoms with Crippen molar-refractivity contribution in [3.63, 3.8) is 0 Å². The molecule has 21 heavy (non-hydrogen) atoms. The van der Waals surface area contributed by atoms with Crippen LogP contribution < -0.4 is 0 Å². The highest BCUT2D eigenvalue weighted by Crippen LogP contribution is 2.43. The molecule has 0 aliphatic carbocycles. The number of carbonyl (C=O) groups excluding carboxylic acids is 1. The molecule has 4 rings (SSSR count). The van der Waals surface area contributed by atoms with Crippen molar-refractivity contribution >= 4 is 44.6 Å². The number of hydrogen-bond acceptors (Lipinski definition) is 3. The molecule has 2 fully saturated rings. The molecule has 5 nitrogen and oxygen atoms in total. The Morgan fingerprint density at radius 2 is 2.24 bits per heavy atom. The number of amides is 1. The molecular weight excluding hydrogens is 356 g/mol. The predicted octanol–water partition coefficient (Wildman–Crippen LogP) is 2.89. The molecule has 0 aromatic carbocycles. The molecule has 0 spiro atoms. The van der Waals surface area contributed by atoms with Crippen LogP contribution in [0.15, 0.2) is 33.8 Å². The summed E-state index contributed by atoms with van der Waals surface area (Å²) >= 11 is 10.1. The Morgan fingerprint density at radius 1 is 1.38 bits per heavy atom. The SMILES string of the molecule is O=C1CCC2CCC(C3=C4C=NC=C[N+]4(Cl)C(Br)=N3)CN12. The van der Waals surface area contributed by atoms with Crippen LogP contribution in [0.4, 0.5) is 0 Å². The molecule has 7 heteroatoms. The number of piperidine rings is 1. The second kappa shape index (κ2) is 4.76. The number of nitrogens with zero attached hydrogens (tertiary/aromatic N) is 4. The van der Waals surface area contributed by atoms with E-state index in [0.717, 1.165) is 37.2 Å².